The normalized spacial score (nSPS) is 10.6. The Bertz CT molecular complexity index is 646. The van der Waals surface area contributed by atoms with Crippen LogP contribution in [0.1, 0.15) is 5.69 Å². The predicted molar refractivity (Wildman–Crippen MR) is 69.9 cm³/mol. The maximum atomic E-state index is 13.7. The van der Waals surface area contributed by atoms with Gasteiger partial charge in [-0.3, -0.25) is 4.79 Å². The minimum atomic E-state index is -0.652. The van der Waals surface area contributed by atoms with Gasteiger partial charge in [-0.25, -0.2) is 13.5 Å². The highest BCUT2D eigenvalue weighted by atomic mass is 79.9. The van der Waals surface area contributed by atoms with Crippen molar-refractivity contribution in [1.29, 1.82) is 0 Å². The van der Waals surface area contributed by atoms with E-state index in [4.69, 9.17) is 5.73 Å². The lowest BCUT2D eigenvalue weighted by atomic mass is 10.3. The van der Waals surface area contributed by atoms with E-state index in [1.807, 2.05) is 0 Å². The van der Waals surface area contributed by atoms with Crippen LogP contribution < -0.4 is 11.1 Å². The van der Waals surface area contributed by atoms with Gasteiger partial charge in [0.1, 0.15) is 23.0 Å². The minimum absolute atomic E-state index is 0.0225. The van der Waals surface area contributed by atoms with Gasteiger partial charge < -0.3 is 11.1 Å². The van der Waals surface area contributed by atoms with Crippen LogP contribution in [0.4, 0.5) is 8.78 Å². The van der Waals surface area contributed by atoms with Crippen LogP contribution in [0.5, 0.6) is 0 Å². The van der Waals surface area contributed by atoms with Crippen molar-refractivity contribution in [3.63, 3.8) is 0 Å². The molecule has 20 heavy (non-hydrogen) atoms. The second-order valence-electron chi connectivity index (χ2n) is 3.85. The molecule has 1 amide bonds. The first-order valence-electron chi connectivity index (χ1n) is 5.54. The van der Waals surface area contributed by atoms with Crippen molar-refractivity contribution in [2.45, 2.75) is 6.54 Å². The lowest BCUT2D eigenvalue weighted by Crippen LogP contribution is -2.29. The Balaban J connectivity index is 2.20. The Morgan fingerprint density at radius 3 is 2.85 bits per heavy atom. The van der Waals surface area contributed by atoms with Gasteiger partial charge >= 0.3 is 0 Å². The van der Waals surface area contributed by atoms with Gasteiger partial charge in [0.25, 0.3) is 0 Å². The Morgan fingerprint density at radius 1 is 1.40 bits per heavy atom. The molecule has 1 aromatic heterocycles. The number of hydrogen-bond donors (Lipinski definition) is 2. The Hall–Kier alpha value is -1.87. The first kappa shape index (κ1) is 14.5. The van der Waals surface area contributed by atoms with E-state index in [-0.39, 0.29) is 29.2 Å². The number of carbonyl (C=O) groups is 1. The average molecular weight is 346 g/mol. The number of benzene rings is 1. The molecule has 0 fully saturated rings. The molecule has 9 heteroatoms. The number of aromatic nitrogens is 3. The molecule has 0 saturated heterocycles. The number of nitrogens with two attached hydrogens (primary N) is 1. The number of rotatable bonds is 4. The third kappa shape index (κ3) is 3.17. The molecule has 0 bridgehead atoms. The molecule has 6 nitrogen and oxygen atoms in total. The van der Waals surface area contributed by atoms with Gasteiger partial charge in [0.2, 0.25) is 5.91 Å². The topological polar surface area (TPSA) is 85.8 Å². The maximum Gasteiger partial charge on any atom is 0.234 e. The van der Waals surface area contributed by atoms with E-state index in [2.05, 4.69) is 31.6 Å². The van der Waals surface area contributed by atoms with Gasteiger partial charge in [-0.2, -0.15) is 0 Å². The molecule has 0 saturated carbocycles. The molecular formula is C11H10BrF2N5O. The molecule has 0 radical (unpaired) electrons. The number of nitrogens with zero attached hydrogens (tertiary/aromatic N) is 3. The van der Waals surface area contributed by atoms with Crippen LogP contribution >= 0.6 is 15.9 Å². The van der Waals surface area contributed by atoms with Crippen LogP contribution in [0.15, 0.2) is 22.8 Å². The number of halogens is 3. The van der Waals surface area contributed by atoms with Gasteiger partial charge in [0, 0.05) is 6.07 Å². The van der Waals surface area contributed by atoms with Crippen molar-refractivity contribution in [2.75, 3.05) is 6.54 Å². The summed E-state index contributed by atoms with van der Waals surface area (Å²) in [6.45, 7) is -0.0304. The second kappa shape index (κ2) is 6.06. The minimum Gasteiger partial charge on any atom is -0.349 e. The van der Waals surface area contributed by atoms with Gasteiger partial charge in [-0.1, -0.05) is 5.21 Å². The molecule has 2 rings (SSSR count). The molecule has 0 spiro atoms. The summed E-state index contributed by atoms with van der Waals surface area (Å²) in [6, 6.07) is 2.00. The monoisotopic (exact) mass is 345 g/mol. The van der Waals surface area contributed by atoms with Gasteiger partial charge in [0.05, 0.1) is 23.8 Å². The summed E-state index contributed by atoms with van der Waals surface area (Å²) in [4.78, 5) is 11.0. The second-order valence-corrected chi connectivity index (χ2v) is 4.71. The molecule has 106 valence electrons. The van der Waals surface area contributed by atoms with Crippen molar-refractivity contribution in [1.82, 2.24) is 20.3 Å². The van der Waals surface area contributed by atoms with Crippen molar-refractivity contribution in [3.05, 3.63) is 40.1 Å². The largest absolute Gasteiger partial charge is 0.349 e. The summed E-state index contributed by atoms with van der Waals surface area (Å²) in [5.74, 6) is -1.61. The van der Waals surface area contributed by atoms with E-state index in [0.29, 0.717) is 5.69 Å². The van der Waals surface area contributed by atoms with Crippen LogP contribution in [0.3, 0.4) is 0 Å². The van der Waals surface area contributed by atoms with Crippen molar-refractivity contribution in [2.24, 2.45) is 5.73 Å². The molecular weight excluding hydrogens is 336 g/mol. The van der Waals surface area contributed by atoms with E-state index >= 15 is 0 Å². The molecule has 0 aliphatic carbocycles. The highest BCUT2D eigenvalue weighted by Crippen LogP contribution is 2.22. The number of amides is 1. The van der Waals surface area contributed by atoms with Crippen LogP contribution in [-0.4, -0.2) is 27.4 Å². The van der Waals surface area contributed by atoms with Gasteiger partial charge in [-0.15, -0.1) is 5.10 Å². The Labute approximate surface area is 121 Å². The summed E-state index contributed by atoms with van der Waals surface area (Å²) in [5, 5.41) is 9.93. The summed E-state index contributed by atoms with van der Waals surface area (Å²) in [7, 11) is 0. The highest BCUT2D eigenvalue weighted by Gasteiger charge is 2.12. The zero-order valence-electron chi connectivity index (χ0n) is 10.1. The van der Waals surface area contributed by atoms with E-state index in [9.17, 15) is 13.6 Å². The summed E-state index contributed by atoms with van der Waals surface area (Å²) >= 11 is 2.89. The van der Waals surface area contributed by atoms with Gasteiger partial charge in [0.15, 0.2) is 0 Å². The van der Waals surface area contributed by atoms with Crippen molar-refractivity contribution >= 4 is 21.8 Å². The van der Waals surface area contributed by atoms with Crippen molar-refractivity contribution < 1.29 is 13.6 Å². The third-order valence-corrected chi connectivity index (χ3v) is 3.04. The highest BCUT2D eigenvalue weighted by molar-refractivity contribution is 9.10. The molecule has 1 heterocycles. The van der Waals surface area contributed by atoms with Crippen LogP contribution in [-0.2, 0) is 11.3 Å². The first-order valence-corrected chi connectivity index (χ1v) is 6.33. The van der Waals surface area contributed by atoms with Gasteiger partial charge in [-0.05, 0) is 22.0 Å². The Kier molecular flexibility index (Phi) is 4.40. The quantitative estimate of drug-likeness (QED) is 0.805. The molecule has 0 unspecified atom stereocenters. The first-order chi connectivity index (χ1) is 9.51. The fraction of sp³-hybridized carbons (Fsp3) is 0.182. The fourth-order valence-corrected chi connectivity index (χ4v) is 1.76. The van der Waals surface area contributed by atoms with E-state index in [1.165, 1.54) is 6.20 Å². The van der Waals surface area contributed by atoms with E-state index in [0.717, 1.165) is 16.8 Å². The third-order valence-electron chi connectivity index (χ3n) is 2.43. The van der Waals surface area contributed by atoms with Crippen LogP contribution in [0.25, 0.3) is 5.69 Å². The standard InChI is InChI=1S/C11H10BrF2N5O/c12-7-1-9(14)10(2-8(7)13)19-5-6(17-18-19)4-16-11(20)3-15/h1-2,5H,3-4,15H2,(H,16,20). The molecule has 1 aromatic carbocycles. The number of nitrogens with one attached hydrogen (secondary N) is 1. The van der Waals surface area contributed by atoms with E-state index < -0.39 is 11.6 Å². The lowest BCUT2D eigenvalue weighted by molar-refractivity contribution is -0.119. The number of hydrogen-bond acceptors (Lipinski definition) is 4. The van der Waals surface area contributed by atoms with E-state index in [1.54, 1.807) is 0 Å². The summed E-state index contributed by atoms with van der Waals surface area (Å²) in [6.07, 6.45) is 1.39. The van der Waals surface area contributed by atoms with Crippen LogP contribution in [0, 0.1) is 11.6 Å². The summed E-state index contributed by atoms with van der Waals surface area (Å²) in [5.41, 5.74) is 5.46. The predicted octanol–water partition coefficient (Wildman–Crippen LogP) is 0.883. The number of carbonyl (C=O) groups excluding carboxylic acids is 1. The maximum absolute atomic E-state index is 13.7. The van der Waals surface area contributed by atoms with Crippen molar-refractivity contribution in [3.8, 4) is 5.69 Å². The summed E-state index contributed by atoms with van der Waals surface area (Å²) < 4.78 is 28.2. The smallest absolute Gasteiger partial charge is 0.234 e. The zero-order chi connectivity index (χ0) is 14.7. The molecule has 3 N–H and O–H groups in total. The average Bonchev–Trinajstić information content (AvgIpc) is 2.88. The fourth-order valence-electron chi connectivity index (χ4n) is 1.45. The molecule has 0 atom stereocenters. The lowest BCUT2D eigenvalue weighted by Gasteiger charge is -2.03. The van der Waals surface area contributed by atoms with Crippen LogP contribution in [0.2, 0.25) is 0 Å². The molecule has 0 aliphatic rings. The SMILES string of the molecule is NCC(=O)NCc1cn(-c2cc(F)c(Br)cc2F)nn1. The molecule has 0 aliphatic heterocycles. The molecule has 2 aromatic rings. The zero-order valence-corrected chi connectivity index (χ0v) is 11.7. The Morgan fingerprint density at radius 2 is 2.15 bits per heavy atom.